The summed E-state index contributed by atoms with van der Waals surface area (Å²) in [6.45, 7) is 21.5. The third-order valence-electron chi connectivity index (χ3n) is 18.4. The van der Waals surface area contributed by atoms with Gasteiger partial charge in [-0.25, -0.2) is 27.8 Å². The molecule has 3 saturated heterocycles. The standard InChI is InChI=1S/C28H35ClFN6O2P.C25H32ClN6O3P.C22H26BrN4O4PS/c1-38-25-17-24(36-14-10-19(11-15-36)35-12-6-7-13-35)21(30)16-23(25)33-28-31-18-20(29)27(34-28)32-22-8-4-5-9-26(22)39(2,3)37;1-31-10-12-32(13-11-31)17-6-8-21(22(14-17)34-2)29-25-27-16-19(26)24(30-25)28-20-9-7-18(36(4,5)33)15-23(20)35-3;1-14(2)33(29,30)20-9-7-6-8-18(20)25-21-16(23)13-24-22(27-21)26-17-11-10-15(32(4,5)28)12-19(17)31-3/h4-5,8-9,16-19H,6-7,10-15H2,1-3H3,(H2,31,32,33,34);6-9,14-16H,10-13H2,1-5H3,(H2,27,28,29,30);6-14H,1-5H3,(H2,24,25,26,27). The van der Waals surface area contributed by atoms with E-state index in [1.54, 1.807) is 142 Å². The number of aromatic nitrogens is 6. The van der Waals surface area contributed by atoms with Crippen LogP contribution >= 0.6 is 60.6 Å². The van der Waals surface area contributed by atoms with E-state index in [1.165, 1.54) is 51.5 Å². The molecule has 12 rings (SSSR count). The van der Waals surface area contributed by atoms with Gasteiger partial charge in [-0.05, 0) is 188 Å². The normalized spacial score (nSPS) is 14.6. The topological polar surface area (TPSA) is 285 Å². The molecule has 6 aromatic carbocycles. The molecule has 0 spiro atoms. The number of hydrogen-bond acceptors (Lipinski definition) is 25. The van der Waals surface area contributed by atoms with E-state index >= 15 is 4.39 Å². The minimum absolute atomic E-state index is 0.195. The van der Waals surface area contributed by atoms with Crippen molar-refractivity contribution in [1.29, 1.82) is 0 Å². The molecular formula is C75H93BrCl2FN16O9P3S. The van der Waals surface area contributed by atoms with Gasteiger partial charge in [-0.3, -0.25) is 0 Å². The van der Waals surface area contributed by atoms with Crippen molar-refractivity contribution in [3.8, 4) is 23.0 Å². The monoisotopic (exact) mass is 1650 g/mol. The molecule has 33 heteroatoms. The second kappa shape index (κ2) is 36.0. The smallest absolute Gasteiger partial charge is 0.229 e. The maximum atomic E-state index is 15.4. The molecule has 3 fully saturated rings. The fraction of sp³-hybridized carbons (Fsp3) is 0.360. The van der Waals surface area contributed by atoms with Crippen LogP contribution in [0.15, 0.2) is 143 Å². The number of anilines is 14. The summed E-state index contributed by atoms with van der Waals surface area (Å²) in [6, 6.07) is 34.5. The molecule has 0 radical (unpaired) electrons. The second-order valence-electron chi connectivity index (χ2n) is 27.5. The maximum absolute atomic E-state index is 15.4. The number of para-hydroxylation sites is 2. The molecule has 25 nitrogen and oxygen atoms in total. The lowest BCUT2D eigenvalue weighted by Gasteiger charge is -2.38. The zero-order chi connectivity index (χ0) is 77.8. The Balaban J connectivity index is 0.000000174. The number of benzene rings is 6. The van der Waals surface area contributed by atoms with Crippen LogP contribution < -0.4 is 76.6 Å². The van der Waals surface area contributed by atoms with E-state index in [-0.39, 0.29) is 22.6 Å². The summed E-state index contributed by atoms with van der Waals surface area (Å²) in [7, 11) is -2.48. The highest BCUT2D eigenvalue weighted by atomic mass is 79.9. The number of methoxy groups -OCH3 is 4. The lowest BCUT2D eigenvalue weighted by molar-refractivity contribution is 0.207. The van der Waals surface area contributed by atoms with Gasteiger partial charge in [0, 0.05) is 91.3 Å². The number of halogens is 4. The average molecular weight is 1660 g/mol. The molecule has 6 heterocycles. The Kier molecular flexibility index (Phi) is 27.4. The Hall–Kier alpha value is -8.29. The van der Waals surface area contributed by atoms with Crippen molar-refractivity contribution >= 4 is 167 Å². The van der Waals surface area contributed by atoms with Gasteiger partial charge in [0.2, 0.25) is 17.8 Å². The molecule has 0 unspecified atom stereocenters. The first-order valence-corrected chi connectivity index (χ1v) is 45.9. The third kappa shape index (κ3) is 21.0. The summed E-state index contributed by atoms with van der Waals surface area (Å²) in [5.74, 6) is 3.88. The first-order valence-electron chi connectivity index (χ1n) is 35.0. The van der Waals surface area contributed by atoms with Crippen molar-refractivity contribution in [3.05, 3.63) is 154 Å². The number of hydrogen-bond donors (Lipinski definition) is 6. The van der Waals surface area contributed by atoms with E-state index in [1.807, 2.05) is 42.5 Å². The summed E-state index contributed by atoms with van der Waals surface area (Å²) in [4.78, 5) is 36.0. The number of likely N-dealkylation sites (tertiary alicyclic amines) is 1. The van der Waals surface area contributed by atoms with Crippen molar-refractivity contribution in [2.75, 3.05) is 170 Å². The van der Waals surface area contributed by atoms with Crippen molar-refractivity contribution < 1.29 is 45.5 Å². The summed E-state index contributed by atoms with van der Waals surface area (Å²) in [6.07, 6.45) is 9.17. The Bertz CT molecular complexity index is 4950. The summed E-state index contributed by atoms with van der Waals surface area (Å²) in [5.41, 5.74) is 5.12. The van der Waals surface area contributed by atoms with Crippen LogP contribution in [0.4, 0.5) is 85.2 Å². The lowest BCUT2D eigenvalue weighted by Crippen LogP contribution is -2.44. The van der Waals surface area contributed by atoms with E-state index in [0.29, 0.717) is 112 Å². The number of likely N-dealkylation sites (N-methyl/N-ethyl adjacent to an activating group) is 1. The van der Waals surface area contributed by atoms with Crippen LogP contribution in [0.5, 0.6) is 23.0 Å². The number of ether oxygens (including phenoxy) is 4. The molecular weight excluding hydrogens is 1560 g/mol. The Morgan fingerprint density at radius 2 is 0.963 bits per heavy atom. The van der Waals surface area contributed by atoms with Crippen molar-refractivity contribution in [1.82, 2.24) is 39.7 Å². The van der Waals surface area contributed by atoms with Crippen LogP contribution in [0.3, 0.4) is 0 Å². The van der Waals surface area contributed by atoms with Gasteiger partial charge in [0.1, 0.15) is 66.1 Å². The van der Waals surface area contributed by atoms with Gasteiger partial charge in [0.25, 0.3) is 0 Å². The molecule has 0 bridgehead atoms. The van der Waals surface area contributed by atoms with Crippen LogP contribution in [0.25, 0.3) is 0 Å². The molecule has 108 heavy (non-hydrogen) atoms. The molecule has 6 N–H and O–H groups in total. The largest absolute Gasteiger partial charge is 0.495 e. The molecule has 0 amide bonds. The fourth-order valence-corrected chi connectivity index (χ4v) is 17.0. The number of piperazine rings is 1. The average Bonchev–Trinajstić information content (AvgIpc) is 0.903. The van der Waals surface area contributed by atoms with Gasteiger partial charge in [0.05, 0.1) is 95.3 Å². The van der Waals surface area contributed by atoms with Gasteiger partial charge < -0.3 is 84.1 Å². The SMILES string of the molecule is COc1cc(N2CCC(N3CCCC3)CC2)c(F)cc1Nc1ncc(Cl)c(Nc2ccccc2P(C)(C)=O)n1.COc1cc(N2CCN(C)CC2)ccc1Nc1ncc(Cl)c(Nc2ccc(P(C)(C)=O)cc2OC)n1.COc1cc(P(C)(C)=O)ccc1Nc1ncc(Br)c(Nc2ccccc2S(=O)(=O)C(C)C)n1. The van der Waals surface area contributed by atoms with Gasteiger partial charge in [-0.1, -0.05) is 47.5 Å². The highest BCUT2D eigenvalue weighted by molar-refractivity contribution is 9.10. The van der Waals surface area contributed by atoms with E-state index in [9.17, 15) is 22.1 Å². The molecule has 576 valence electrons. The minimum atomic E-state index is -3.50. The van der Waals surface area contributed by atoms with Gasteiger partial charge in [-0.2, -0.15) is 15.0 Å². The fourth-order valence-electron chi connectivity index (χ4n) is 12.3. The predicted octanol–water partition coefficient (Wildman–Crippen LogP) is 15.9. The first-order chi connectivity index (χ1) is 51.3. The molecule has 3 aromatic heterocycles. The Morgan fingerprint density at radius 3 is 1.49 bits per heavy atom. The van der Waals surface area contributed by atoms with Crippen LogP contribution in [0.1, 0.15) is 39.5 Å². The minimum Gasteiger partial charge on any atom is -0.495 e. The highest BCUT2D eigenvalue weighted by Gasteiger charge is 2.30. The molecule has 3 aliphatic heterocycles. The highest BCUT2D eigenvalue weighted by Crippen LogP contribution is 2.43. The predicted molar refractivity (Wildman–Crippen MR) is 444 cm³/mol. The summed E-state index contributed by atoms with van der Waals surface area (Å²) in [5, 5.41) is 21.1. The molecule has 0 atom stereocenters. The van der Waals surface area contributed by atoms with Crippen molar-refractivity contribution in [3.63, 3.8) is 0 Å². The quantitative estimate of drug-likeness (QED) is 0.0307. The van der Waals surface area contributed by atoms with Gasteiger partial charge in [-0.15, -0.1) is 0 Å². The number of rotatable bonds is 24. The zero-order valence-electron chi connectivity index (χ0n) is 62.7. The van der Waals surface area contributed by atoms with Crippen molar-refractivity contribution in [2.24, 2.45) is 0 Å². The Labute approximate surface area is 650 Å². The zero-order valence-corrected chi connectivity index (χ0v) is 69.3. The Morgan fingerprint density at radius 1 is 0.509 bits per heavy atom. The first kappa shape index (κ1) is 82.2. The number of piperidine rings is 1. The third-order valence-corrected chi connectivity index (χ3v) is 26.4. The van der Waals surface area contributed by atoms with E-state index in [0.717, 1.165) is 68.8 Å². The van der Waals surface area contributed by atoms with Gasteiger partial charge >= 0.3 is 0 Å². The van der Waals surface area contributed by atoms with Crippen molar-refractivity contribution in [2.45, 2.75) is 55.7 Å². The summed E-state index contributed by atoms with van der Waals surface area (Å²) < 4.78 is 101. The van der Waals surface area contributed by atoms with E-state index in [2.05, 4.69) is 110 Å². The van der Waals surface area contributed by atoms with Gasteiger partial charge in [0.15, 0.2) is 21.5 Å². The lowest BCUT2D eigenvalue weighted by atomic mass is 10.0. The number of nitrogens with one attached hydrogen (secondary N) is 6. The molecule has 0 saturated carbocycles. The van der Waals surface area contributed by atoms with Crippen LogP contribution in [0.2, 0.25) is 10.0 Å². The van der Waals surface area contributed by atoms with Crippen LogP contribution in [-0.4, -0.2) is 187 Å². The van der Waals surface area contributed by atoms with Crippen LogP contribution in [0, 0.1) is 5.82 Å². The maximum Gasteiger partial charge on any atom is 0.229 e. The molecule has 9 aromatic rings. The number of nitrogens with zero attached hydrogens (tertiary/aromatic N) is 10. The van der Waals surface area contributed by atoms with Crippen LogP contribution in [-0.2, 0) is 23.5 Å². The van der Waals surface area contributed by atoms with E-state index < -0.39 is 36.5 Å². The molecule has 0 aliphatic carbocycles. The summed E-state index contributed by atoms with van der Waals surface area (Å²) >= 11 is 16.2. The van der Waals surface area contributed by atoms with E-state index in [4.69, 9.17) is 42.1 Å². The molecule has 3 aliphatic rings. The number of sulfone groups is 1. The second-order valence-corrected chi connectivity index (χ2v) is 41.3.